The number of thiazole rings is 1. The van der Waals surface area contributed by atoms with Crippen LogP contribution in [0.2, 0.25) is 0 Å². The minimum atomic E-state index is -0.0115. The van der Waals surface area contributed by atoms with Gasteiger partial charge in [-0.05, 0) is 31.4 Å². The third kappa shape index (κ3) is 2.95. The lowest BCUT2D eigenvalue weighted by atomic mass is 10.1. The molecular weight excluding hydrogens is 338 g/mol. The number of nitrogens with zero attached hydrogens (tertiary/aromatic N) is 2. The number of imidazole rings is 1. The molecule has 0 saturated heterocycles. The Labute approximate surface area is 147 Å². The predicted octanol–water partition coefficient (Wildman–Crippen LogP) is 4.36. The number of hydrogen-bond donors (Lipinski definition) is 1. The van der Waals surface area contributed by atoms with Crippen LogP contribution in [0.3, 0.4) is 0 Å². The van der Waals surface area contributed by atoms with Crippen molar-refractivity contribution in [2.24, 2.45) is 0 Å². The lowest BCUT2D eigenvalue weighted by Crippen LogP contribution is -2.32. The van der Waals surface area contributed by atoms with E-state index in [1.54, 1.807) is 11.3 Å². The predicted molar refractivity (Wildman–Crippen MR) is 100 cm³/mol. The number of aromatic nitrogens is 2. The molecule has 1 N–H and O–H groups in total. The summed E-state index contributed by atoms with van der Waals surface area (Å²) in [5.41, 5.74) is 2.31. The first-order valence-corrected chi connectivity index (χ1v) is 9.60. The van der Waals surface area contributed by atoms with E-state index in [2.05, 4.69) is 29.4 Å². The average molecular weight is 355 g/mol. The van der Waals surface area contributed by atoms with Crippen LogP contribution in [-0.2, 0) is 6.42 Å². The maximum Gasteiger partial charge on any atom is 0.261 e. The van der Waals surface area contributed by atoms with Crippen molar-refractivity contribution in [3.8, 4) is 0 Å². The van der Waals surface area contributed by atoms with E-state index in [1.165, 1.54) is 16.9 Å². The topological polar surface area (TPSA) is 46.4 Å². The molecule has 0 saturated carbocycles. The Bertz CT molecular complexity index is 984. The summed E-state index contributed by atoms with van der Waals surface area (Å²) in [4.78, 5) is 19.6. The van der Waals surface area contributed by atoms with E-state index in [9.17, 15) is 4.79 Å². The van der Waals surface area contributed by atoms with E-state index in [4.69, 9.17) is 0 Å². The zero-order chi connectivity index (χ0) is 16.5. The molecule has 0 aliphatic carbocycles. The number of nitrogens with one attached hydrogen (secondary N) is 1. The highest BCUT2D eigenvalue weighted by Crippen LogP contribution is 2.28. The Balaban J connectivity index is 1.42. The Morgan fingerprint density at radius 1 is 1.33 bits per heavy atom. The molecule has 4 aromatic rings. The van der Waals surface area contributed by atoms with E-state index < -0.39 is 0 Å². The maximum absolute atomic E-state index is 12.5. The maximum atomic E-state index is 12.5. The van der Waals surface area contributed by atoms with E-state index in [0.29, 0.717) is 0 Å². The Hall–Kier alpha value is -2.18. The first-order chi connectivity index (χ1) is 11.7. The summed E-state index contributed by atoms with van der Waals surface area (Å²) >= 11 is 3.06. The standard InChI is InChI=1S/C18H17N3OS2/c1-12(7-8-13-5-3-2-4-6-13)19-16(22)15-11-14-17(24-15)20-18-21(14)9-10-23-18/h2-6,9-12H,7-8H2,1H3,(H,19,22). The molecule has 3 aromatic heterocycles. The summed E-state index contributed by atoms with van der Waals surface area (Å²) in [6, 6.07) is 12.4. The lowest BCUT2D eigenvalue weighted by molar-refractivity contribution is 0.0942. The summed E-state index contributed by atoms with van der Waals surface area (Å²) in [6.07, 6.45) is 3.88. The SMILES string of the molecule is CC(CCc1ccccc1)NC(=O)c1cc2c(nc3sccn32)s1. The van der Waals surface area contributed by atoms with Gasteiger partial charge in [0.05, 0.1) is 10.4 Å². The molecule has 1 unspecified atom stereocenters. The summed E-state index contributed by atoms with van der Waals surface area (Å²) in [5, 5.41) is 5.10. The summed E-state index contributed by atoms with van der Waals surface area (Å²) in [7, 11) is 0. The average Bonchev–Trinajstić information content (AvgIpc) is 3.25. The molecule has 0 aliphatic heterocycles. The van der Waals surface area contributed by atoms with Gasteiger partial charge in [-0.15, -0.1) is 22.7 Å². The van der Waals surface area contributed by atoms with Gasteiger partial charge in [0.15, 0.2) is 4.96 Å². The molecule has 1 atom stereocenters. The van der Waals surface area contributed by atoms with Crippen LogP contribution in [0, 0.1) is 0 Å². The number of carbonyl (C=O) groups excluding carboxylic acids is 1. The molecular formula is C18H17N3OS2. The van der Waals surface area contributed by atoms with Gasteiger partial charge in [0, 0.05) is 17.6 Å². The van der Waals surface area contributed by atoms with Gasteiger partial charge < -0.3 is 5.32 Å². The molecule has 4 nitrogen and oxygen atoms in total. The Morgan fingerprint density at radius 2 is 2.17 bits per heavy atom. The number of hydrogen-bond acceptors (Lipinski definition) is 4. The molecule has 6 heteroatoms. The molecule has 0 spiro atoms. The van der Waals surface area contributed by atoms with Gasteiger partial charge in [-0.1, -0.05) is 30.3 Å². The van der Waals surface area contributed by atoms with Crippen molar-refractivity contribution < 1.29 is 4.79 Å². The van der Waals surface area contributed by atoms with Gasteiger partial charge in [0.1, 0.15) is 4.83 Å². The Morgan fingerprint density at radius 3 is 3.00 bits per heavy atom. The van der Waals surface area contributed by atoms with Crippen molar-refractivity contribution >= 4 is 43.9 Å². The summed E-state index contributed by atoms with van der Waals surface area (Å²) in [5.74, 6) is -0.0115. The molecule has 0 aliphatic rings. The number of amides is 1. The van der Waals surface area contributed by atoms with E-state index >= 15 is 0 Å². The smallest absolute Gasteiger partial charge is 0.261 e. The van der Waals surface area contributed by atoms with Crippen molar-refractivity contribution in [3.05, 3.63) is 58.4 Å². The van der Waals surface area contributed by atoms with Crippen molar-refractivity contribution in [1.29, 1.82) is 0 Å². The quantitative estimate of drug-likeness (QED) is 0.578. The first kappa shape index (κ1) is 15.4. The van der Waals surface area contributed by atoms with Gasteiger partial charge in [-0.3, -0.25) is 9.20 Å². The highest BCUT2D eigenvalue weighted by atomic mass is 32.1. The second-order valence-corrected chi connectivity index (χ2v) is 7.77. The number of carbonyl (C=O) groups is 1. The van der Waals surface area contributed by atoms with E-state index in [0.717, 1.165) is 33.0 Å². The molecule has 122 valence electrons. The minimum absolute atomic E-state index is 0.0115. The largest absolute Gasteiger partial charge is 0.349 e. The second kappa shape index (κ2) is 6.37. The van der Waals surface area contributed by atoms with Crippen molar-refractivity contribution in [3.63, 3.8) is 0 Å². The van der Waals surface area contributed by atoms with E-state index in [-0.39, 0.29) is 11.9 Å². The van der Waals surface area contributed by atoms with Crippen LogP contribution in [0.15, 0.2) is 48.0 Å². The third-order valence-electron chi connectivity index (χ3n) is 4.05. The summed E-state index contributed by atoms with van der Waals surface area (Å²) in [6.45, 7) is 2.05. The van der Waals surface area contributed by atoms with Crippen molar-refractivity contribution in [2.75, 3.05) is 0 Å². The van der Waals surface area contributed by atoms with Gasteiger partial charge in [-0.25, -0.2) is 4.98 Å². The summed E-state index contributed by atoms with van der Waals surface area (Å²) < 4.78 is 2.03. The van der Waals surface area contributed by atoms with Crippen LogP contribution in [0.5, 0.6) is 0 Å². The highest BCUT2D eigenvalue weighted by molar-refractivity contribution is 7.21. The zero-order valence-corrected chi connectivity index (χ0v) is 14.9. The van der Waals surface area contributed by atoms with Crippen LogP contribution in [0.25, 0.3) is 15.3 Å². The second-order valence-electron chi connectivity index (χ2n) is 5.87. The van der Waals surface area contributed by atoms with Crippen LogP contribution in [0.1, 0.15) is 28.6 Å². The van der Waals surface area contributed by atoms with Crippen LogP contribution < -0.4 is 5.32 Å². The van der Waals surface area contributed by atoms with Crippen LogP contribution in [-0.4, -0.2) is 21.3 Å². The molecule has 0 radical (unpaired) electrons. The van der Waals surface area contributed by atoms with Gasteiger partial charge in [0.25, 0.3) is 5.91 Å². The van der Waals surface area contributed by atoms with Crippen LogP contribution >= 0.6 is 22.7 Å². The van der Waals surface area contributed by atoms with Crippen molar-refractivity contribution in [2.45, 2.75) is 25.8 Å². The minimum Gasteiger partial charge on any atom is -0.349 e. The molecule has 0 fully saturated rings. The monoisotopic (exact) mass is 355 g/mol. The number of benzene rings is 1. The fourth-order valence-electron chi connectivity index (χ4n) is 2.75. The van der Waals surface area contributed by atoms with Gasteiger partial charge >= 0.3 is 0 Å². The fraction of sp³-hybridized carbons (Fsp3) is 0.222. The molecule has 4 rings (SSSR count). The molecule has 0 bridgehead atoms. The van der Waals surface area contributed by atoms with Gasteiger partial charge in [0.2, 0.25) is 0 Å². The zero-order valence-electron chi connectivity index (χ0n) is 13.2. The number of aryl methyl sites for hydroxylation is 1. The molecule has 1 aromatic carbocycles. The molecule has 24 heavy (non-hydrogen) atoms. The fourth-order valence-corrected chi connectivity index (χ4v) is 4.46. The number of rotatable bonds is 5. The van der Waals surface area contributed by atoms with Gasteiger partial charge in [-0.2, -0.15) is 0 Å². The Kier molecular flexibility index (Phi) is 4.08. The van der Waals surface area contributed by atoms with Crippen LogP contribution in [0.4, 0.5) is 0 Å². The molecule has 3 heterocycles. The first-order valence-electron chi connectivity index (χ1n) is 7.90. The third-order valence-corrected chi connectivity index (χ3v) is 5.82. The highest BCUT2D eigenvalue weighted by Gasteiger charge is 2.16. The van der Waals surface area contributed by atoms with Crippen molar-refractivity contribution in [1.82, 2.24) is 14.7 Å². The lowest BCUT2D eigenvalue weighted by Gasteiger charge is -2.13. The molecule has 1 amide bonds. The number of thiophene rings is 1. The normalized spacial score (nSPS) is 12.7. The number of fused-ring (bicyclic) bond motifs is 3. The van der Waals surface area contributed by atoms with E-state index in [1.807, 2.05) is 40.2 Å².